The van der Waals surface area contributed by atoms with Crippen LogP contribution in [0.1, 0.15) is 18.7 Å². The van der Waals surface area contributed by atoms with Gasteiger partial charge in [-0.2, -0.15) is 17.0 Å². The van der Waals surface area contributed by atoms with E-state index in [0.717, 1.165) is 24.1 Å². The Labute approximate surface area is 156 Å². The van der Waals surface area contributed by atoms with Crippen molar-refractivity contribution in [1.29, 1.82) is 0 Å². The molecule has 0 spiro atoms. The van der Waals surface area contributed by atoms with Crippen LogP contribution in [0.25, 0.3) is 0 Å². The Morgan fingerprint density at radius 3 is 2.33 bits per heavy atom. The molecule has 0 saturated carbocycles. The molecule has 0 aromatic carbocycles. The fraction of sp³-hybridized carbons (Fsp3) is 0.733. The smallest absolute Gasteiger partial charge is 0.282 e. The lowest BCUT2D eigenvalue weighted by molar-refractivity contribution is -0.0457. The monoisotopic (exact) mass is 437 g/mol. The van der Waals surface area contributed by atoms with Gasteiger partial charge in [0.15, 0.2) is 0 Å². The van der Waals surface area contributed by atoms with Crippen LogP contribution in [0.3, 0.4) is 0 Å². The second kappa shape index (κ2) is 7.69. The summed E-state index contributed by atoms with van der Waals surface area (Å²) in [6.07, 6.45) is -0.109. The van der Waals surface area contributed by atoms with Crippen LogP contribution < -0.4 is 0 Å². The summed E-state index contributed by atoms with van der Waals surface area (Å²) in [4.78, 5) is 3.61. The highest BCUT2D eigenvalue weighted by Gasteiger charge is 2.36. The molecule has 3 rings (SSSR count). The maximum absolute atomic E-state index is 12.9. The van der Waals surface area contributed by atoms with Crippen molar-refractivity contribution in [2.45, 2.75) is 32.6 Å². The van der Waals surface area contributed by atoms with E-state index in [2.05, 4.69) is 32.3 Å². The van der Waals surface area contributed by atoms with Gasteiger partial charge in [0.25, 0.3) is 10.2 Å². The molecule has 2 atom stereocenters. The van der Waals surface area contributed by atoms with E-state index in [1.54, 1.807) is 19.9 Å². The minimum Gasteiger partial charge on any atom is -0.373 e. The molecule has 3 heterocycles. The highest BCUT2D eigenvalue weighted by Crippen LogP contribution is 2.25. The second-order valence-electron chi connectivity index (χ2n) is 6.45. The van der Waals surface area contributed by atoms with Crippen molar-refractivity contribution in [2.75, 3.05) is 39.3 Å². The molecule has 2 unspecified atom stereocenters. The summed E-state index contributed by atoms with van der Waals surface area (Å²) in [5.74, 6) is 0. The number of halogens is 1. The molecule has 9 heteroatoms. The number of hydrogen-bond acceptors (Lipinski definition) is 5. The van der Waals surface area contributed by atoms with E-state index in [0.29, 0.717) is 26.2 Å². The molecular formula is C15H24BrN3O3S2. The predicted octanol–water partition coefficient (Wildman–Crippen LogP) is 1.98. The predicted molar refractivity (Wildman–Crippen MR) is 99.4 cm³/mol. The fourth-order valence-corrected chi connectivity index (χ4v) is 6.51. The lowest BCUT2D eigenvalue weighted by Crippen LogP contribution is -2.56. The van der Waals surface area contributed by atoms with Crippen LogP contribution in [-0.2, 0) is 21.5 Å². The van der Waals surface area contributed by atoms with Gasteiger partial charge in [-0.15, -0.1) is 11.3 Å². The van der Waals surface area contributed by atoms with Crippen molar-refractivity contribution < 1.29 is 13.2 Å². The Kier molecular flexibility index (Phi) is 6.01. The first-order valence-corrected chi connectivity index (χ1v) is 11.3. The van der Waals surface area contributed by atoms with Gasteiger partial charge in [-0.1, -0.05) is 0 Å². The highest BCUT2D eigenvalue weighted by molar-refractivity contribution is 9.10. The highest BCUT2D eigenvalue weighted by atomic mass is 79.9. The van der Waals surface area contributed by atoms with Gasteiger partial charge < -0.3 is 4.74 Å². The lowest BCUT2D eigenvalue weighted by atomic mass is 10.3. The number of piperazine rings is 1. The lowest BCUT2D eigenvalue weighted by Gasteiger charge is -2.40. The second-order valence-corrected chi connectivity index (χ2v) is 10.2. The van der Waals surface area contributed by atoms with E-state index in [-0.39, 0.29) is 12.2 Å². The van der Waals surface area contributed by atoms with Gasteiger partial charge in [0, 0.05) is 55.2 Å². The fourth-order valence-electron chi connectivity index (χ4n) is 3.24. The van der Waals surface area contributed by atoms with Gasteiger partial charge in [0.2, 0.25) is 0 Å². The van der Waals surface area contributed by atoms with Crippen molar-refractivity contribution in [2.24, 2.45) is 0 Å². The minimum absolute atomic E-state index is 0.0546. The average Bonchev–Trinajstić information content (AvgIpc) is 2.92. The molecule has 0 radical (unpaired) electrons. The van der Waals surface area contributed by atoms with Crippen LogP contribution in [-0.4, -0.2) is 73.4 Å². The Bertz CT molecular complexity index is 649. The third-order valence-corrected chi connectivity index (χ3v) is 8.31. The Morgan fingerprint density at radius 2 is 1.79 bits per heavy atom. The van der Waals surface area contributed by atoms with Gasteiger partial charge in [-0.3, -0.25) is 4.90 Å². The number of rotatable bonds is 4. The van der Waals surface area contributed by atoms with E-state index >= 15 is 0 Å². The van der Waals surface area contributed by atoms with Crippen LogP contribution in [0.2, 0.25) is 0 Å². The van der Waals surface area contributed by atoms with Gasteiger partial charge >= 0.3 is 0 Å². The van der Waals surface area contributed by atoms with Crippen molar-refractivity contribution in [3.05, 3.63) is 20.8 Å². The first-order chi connectivity index (χ1) is 11.4. The maximum atomic E-state index is 12.9. The Morgan fingerprint density at radius 1 is 1.17 bits per heavy atom. The minimum atomic E-state index is -3.39. The average molecular weight is 438 g/mol. The van der Waals surface area contributed by atoms with E-state index < -0.39 is 10.2 Å². The summed E-state index contributed by atoms with van der Waals surface area (Å²) in [5, 5.41) is 2.07. The first-order valence-electron chi connectivity index (χ1n) is 8.21. The molecule has 2 saturated heterocycles. The summed E-state index contributed by atoms with van der Waals surface area (Å²) < 4.78 is 35.8. The molecule has 6 nitrogen and oxygen atoms in total. The molecule has 0 bridgehead atoms. The van der Waals surface area contributed by atoms with Gasteiger partial charge in [0.1, 0.15) is 0 Å². The topological polar surface area (TPSA) is 53.1 Å². The number of ether oxygens (including phenoxy) is 1. The van der Waals surface area contributed by atoms with E-state index in [1.807, 2.05) is 13.8 Å². The summed E-state index contributed by atoms with van der Waals surface area (Å²) in [7, 11) is -3.39. The van der Waals surface area contributed by atoms with Crippen LogP contribution in [0.4, 0.5) is 0 Å². The van der Waals surface area contributed by atoms with E-state index in [1.165, 1.54) is 4.88 Å². The SMILES string of the molecule is CC1CN(S(=O)(=O)N2CCN(Cc3sccc3Br)CC2)CC(C)O1. The van der Waals surface area contributed by atoms with Crippen molar-refractivity contribution in [3.63, 3.8) is 0 Å². The van der Waals surface area contributed by atoms with Crippen molar-refractivity contribution in [3.8, 4) is 0 Å². The molecular weight excluding hydrogens is 414 g/mol. The normalized spacial score (nSPS) is 28.3. The quantitative estimate of drug-likeness (QED) is 0.722. The van der Waals surface area contributed by atoms with Gasteiger partial charge in [-0.25, -0.2) is 0 Å². The summed E-state index contributed by atoms with van der Waals surface area (Å²) in [5.41, 5.74) is 0. The molecule has 0 N–H and O–H groups in total. The first kappa shape index (κ1) is 18.8. The third kappa shape index (κ3) is 4.20. The third-order valence-electron chi connectivity index (χ3n) is 4.43. The Hall–Kier alpha value is -0.0300. The zero-order valence-electron chi connectivity index (χ0n) is 14.0. The summed E-state index contributed by atoms with van der Waals surface area (Å²) in [6.45, 7) is 8.22. The number of hydrogen-bond donors (Lipinski definition) is 0. The van der Waals surface area contributed by atoms with Crippen LogP contribution in [0.15, 0.2) is 15.9 Å². The van der Waals surface area contributed by atoms with Crippen molar-refractivity contribution in [1.82, 2.24) is 13.5 Å². The largest absolute Gasteiger partial charge is 0.373 e. The van der Waals surface area contributed by atoms with Crippen LogP contribution >= 0.6 is 27.3 Å². The van der Waals surface area contributed by atoms with Crippen LogP contribution in [0.5, 0.6) is 0 Å². The standard InChI is InChI=1S/C15H24BrN3O3S2/c1-12-9-19(10-13(2)22-12)24(20,21)18-6-4-17(5-7-18)11-15-14(16)3-8-23-15/h3,8,12-13H,4-7,9-11H2,1-2H3. The van der Waals surface area contributed by atoms with Gasteiger partial charge in [-0.05, 0) is 41.2 Å². The molecule has 1 aromatic heterocycles. The van der Waals surface area contributed by atoms with Crippen LogP contribution in [0, 0.1) is 0 Å². The van der Waals surface area contributed by atoms with Gasteiger partial charge in [0.05, 0.1) is 12.2 Å². The van der Waals surface area contributed by atoms with Crippen molar-refractivity contribution >= 4 is 37.5 Å². The van der Waals surface area contributed by atoms with E-state index in [4.69, 9.17) is 4.74 Å². The number of nitrogens with zero attached hydrogens (tertiary/aromatic N) is 3. The zero-order chi connectivity index (χ0) is 17.3. The molecule has 136 valence electrons. The number of morpholine rings is 1. The molecule has 0 aliphatic carbocycles. The molecule has 2 fully saturated rings. The zero-order valence-corrected chi connectivity index (χ0v) is 17.2. The Balaban J connectivity index is 1.58. The molecule has 2 aliphatic heterocycles. The molecule has 0 amide bonds. The molecule has 24 heavy (non-hydrogen) atoms. The number of thiophene rings is 1. The van der Waals surface area contributed by atoms with E-state index in [9.17, 15) is 8.42 Å². The molecule has 2 aliphatic rings. The molecule has 1 aromatic rings. The maximum Gasteiger partial charge on any atom is 0.282 e. The summed E-state index contributed by atoms with van der Waals surface area (Å²) >= 11 is 5.29. The summed E-state index contributed by atoms with van der Waals surface area (Å²) in [6, 6.07) is 2.06.